The van der Waals surface area contributed by atoms with Crippen LogP contribution in [0.4, 0.5) is 0 Å². The van der Waals surface area contributed by atoms with Gasteiger partial charge in [-0.3, -0.25) is 4.21 Å². The normalized spacial score (nSPS) is 13.1. The van der Waals surface area contributed by atoms with Crippen molar-refractivity contribution in [2.75, 3.05) is 5.75 Å². The van der Waals surface area contributed by atoms with Crippen LogP contribution in [0.5, 0.6) is 0 Å². The molecule has 0 fully saturated rings. The number of rotatable bonds is 7. The monoisotopic (exact) mass is 250 g/mol. The van der Waals surface area contributed by atoms with E-state index in [0.717, 1.165) is 23.5 Å². The van der Waals surface area contributed by atoms with Gasteiger partial charge in [-0.25, -0.2) is 0 Å². The zero-order valence-corrected chi connectivity index (χ0v) is 11.6. The van der Waals surface area contributed by atoms with Crippen LogP contribution in [-0.4, -0.2) is 9.96 Å². The van der Waals surface area contributed by atoms with E-state index in [9.17, 15) is 4.21 Å². The van der Waals surface area contributed by atoms with E-state index in [0.29, 0.717) is 0 Å². The second-order valence-electron chi connectivity index (χ2n) is 4.28. The lowest BCUT2D eigenvalue weighted by atomic mass is 10.2. The van der Waals surface area contributed by atoms with Gasteiger partial charge in [0.05, 0.1) is 10.8 Å². The van der Waals surface area contributed by atoms with E-state index in [-0.39, 0.29) is 0 Å². The zero-order chi connectivity index (χ0) is 12.5. The van der Waals surface area contributed by atoms with Crippen LogP contribution in [0.2, 0.25) is 0 Å². The molecule has 0 aliphatic carbocycles. The summed E-state index contributed by atoms with van der Waals surface area (Å²) in [7, 11) is -0.817. The highest BCUT2D eigenvalue weighted by atomic mass is 32.2. The highest BCUT2D eigenvalue weighted by Crippen LogP contribution is 2.11. The van der Waals surface area contributed by atoms with E-state index in [1.54, 1.807) is 0 Å². The topological polar surface area (TPSA) is 17.1 Å². The Hall–Kier alpha value is -0.890. The molecule has 0 N–H and O–H groups in total. The van der Waals surface area contributed by atoms with Crippen LogP contribution in [0.1, 0.15) is 38.2 Å². The fourth-order valence-electron chi connectivity index (χ4n) is 1.65. The minimum absolute atomic E-state index is 0.791. The van der Waals surface area contributed by atoms with Crippen molar-refractivity contribution in [1.29, 1.82) is 0 Å². The summed E-state index contributed by atoms with van der Waals surface area (Å²) >= 11 is 0. The number of aryl methyl sites for hydroxylation is 1. The molecule has 1 aromatic carbocycles. The predicted molar refractivity (Wildman–Crippen MR) is 75.7 cm³/mol. The van der Waals surface area contributed by atoms with Crippen molar-refractivity contribution >= 4 is 10.8 Å². The first-order valence-corrected chi connectivity index (χ1v) is 7.62. The largest absolute Gasteiger partial charge is 0.254 e. The van der Waals surface area contributed by atoms with E-state index in [4.69, 9.17) is 0 Å². The third-order valence-corrected chi connectivity index (χ3v) is 4.18. The maximum absolute atomic E-state index is 11.9. The summed E-state index contributed by atoms with van der Waals surface area (Å²) in [5.74, 6) is 0.791. The lowest BCUT2D eigenvalue weighted by Crippen LogP contribution is -1.98. The van der Waals surface area contributed by atoms with E-state index in [1.165, 1.54) is 18.4 Å². The van der Waals surface area contributed by atoms with Gasteiger partial charge in [-0.05, 0) is 45.2 Å². The first-order chi connectivity index (χ1) is 8.24. The molecule has 0 radical (unpaired) electrons. The zero-order valence-electron chi connectivity index (χ0n) is 10.8. The third-order valence-electron chi connectivity index (χ3n) is 2.72. The Labute approximate surface area is 107 Å². The number of allylic oxidation sites excluding steroid dienone is 2. The highest BCUT2D eigenvalue weighted by Gasteiger charge is 2.02. The third kappa shape index (κ3) is 5.83. The van der Waals surface area contributed by atoms with Crippen LogP contribution in [0, 0.1) is 6.92 Å². The van der Waals surface area contributed by atoms with Crippen molar-refractivity contribution in [3.05, 3.63) is 42.0 Å². The Morgan fingerprint density at radius 2 is 1.82 bits per heavy atom. The molecule has 94 valence electrons. The van der Waals surface area contributed by atoms with Crippen LogP contribution in [-0.2, 0) is 10.8 Å². The number of hydrogen-bond acceptors (Lipinski definition) is 1. The molecule has 1 rings (SSSR count). The summed E-state index contributed by atoms with van der Waals surface area (Å²) in [6, 6.07) is 8.01. The number of hydrogen-bond donors (Lipinski definition) is 0. The van der Waals surface area contributed by atoms with Crippen LogP contribution < -0.4 is 0 Å². The molecule has 17 heavy (non-hydrogen) atoms. The summed E-state index contributed by atoms with van der Waals surface area (Å²) in [6.45, 7) is 4.10. The molecule has 0 heterocycles. The molecule has 1 unspecified atom stereocenters. The van der Waals surface area contributed by atoms with E-state index in [2.05, 4.69) is 12.2 Å². The predicted octanol–water partition coefficient (Wildman–Crippen LogP) is 4.24. The molecule has 0 spiro atoms. The average molecular weight is 250 g/mol. The maximum Gasteiger partial charge on any atom is 0.0529 e. The lowest BCUT2D eigenvalue weighted by Gasteiger charge is -2.02. The van der Waals surface area contributed by atoms with Crippen LogP contribution in [0.15, 0.2) is 41.3 Å². The van der Waals surface area contributed by atoms with Crippen LogP contribution in [0.3, 0.4) is 0 Å². The van der Waals surface area contributed by atoms with Gasteiger partial charge in [-0.1, -0.05) is 36.3 Å². The molecule has 0 aliphatic rings. The molecular formula is C15H22OS. The molecule has 0 aliphatic heterocycles. The van der Waals surface area contributed by atoms with Gasteiger partial charge < -0.3 is 0 Å². The second-order valence-corrected chi connectivity index (χ2v) is 5.85. The molecule has 0 saturated carbocycles. The molecule has 2 heteroatoms. The van der Waals surface area contributed by atoms with E-state index < -0.39 is 10.8 Å². The quantitative estimate of drug-likeness (QED) is 0.522. The molecule has 1 aromatic rings. The Morgan fingerprint density at radius 3 is 2.47 bits per heavy atom. The fraction of sp³-hybridized carbons (Fsp3) is 0.467. The first kappa shape index (κ1) is 14.2. The van der Waals surface area contributed by atoms with Crippen molar-refractivity contribution in [2.24, 2.45) is 0 Å². The van der Waals surface area contributed by atoms with Crippen molar-refractivity contribution < 1.29 is 4.21 Å². The Kier molecular flexibility index (Phi) is 6.87. The fourth-order valence-corrected chi connectivity index (χ4v) is 2.79. The summed E-state index contributed by atoms with van der Waals surface area (Å²) in [5, 5.41) is 0. The number of benzene rings is 1. The minimum Gasteiger partial charge on any atom is -0.254 e. The maximum atomic E-state index is 11.9. The summed E-state index contributed by atoms with van der Waals surface area (Å²) in [4.78, 5) is 0.962. The van der Waals surface area contributed by atoms with Gasteiger partial charge >= 0.3 is 0 Å². The van der Waals surface area contributed by atoms with Gasteiger partial charge in [0.2, 0.25) is 0 Å². The molecule has 0 amide bonds. The SMILES string of the molecule is C/C=C/CCCCCS(=O)c1ccc(C)cc1. The minimum atomic E-state index is -0.817. The second kappa shape index (κ2) is 8.24. The Morgan fingerprint density at radius 1 is 1.12 bits per heavy atom. The Bertz CT molecular complexity index is 365. The lowest BCUT2D eigenvalue weighted by molar-refractivity contribution is 0.673. The molecule has 1 atom stereocenters. The van der Waals surface area contributed by atoms with Gasteiger partial charge in [0.15, 0.2) is 0 Å². The van der Waals surface area contributed by atoms with Gasteiger partial charge in [0, 0.05) is 10.6 Å². The summed E-state index contributed by atoms with van der Waals surface area (Å²) < 4.78 is 11.9. The van der Waals surface area contributed by atoms with Crippen LogP contribution >= 0.6 is 0 Å². The van der Waals surface area contributed by atoms with Gasteiger partial charge in [0.25, 0.3) is 0 Å². The van der Waals surface area contributed by atoms with Crippen molar-refractivity contribution in [1.82, 2.24) is 0 Å². The molecule has 1 nitrogen and oxygen atoms in total. The molecule has 0 aromatic heterocycles. The molecule has 0 bridgehead atoms. The summed E-state index contributed by atoms with van der Waals surface area (Å²) in [5.41, 5.74) is 1.22. The smallest absolute Gasteiger partial charge is 0.0529 e. The van der Waals surface area contributed by atoms with E-state index >= 15 is 0 Å². The number of unbranched alkanes of at least 4 members (excludes halogenated alkanes) is 3. The van der Waals surface area contributed by atoms with Crippen molar-refractivity contribution in [3.63, 3.8) is 0 Å². The molecule has 0 saturated heterocycles. The van der Waals surface area contributed by atoms with Gasteiger partial charge in [-0.2, -0.15) is 0 Å². The van der Waals surface area contributed by atoms with Gasteiger partial charge in [-0.15, -0.1) is 0 Å². The Balaban J connectivity index is 2.23. The van der Waals surface area contributed by atoms with Crippen molar-refractivity contribution in [3.8, 4) is 0 Å². The molecular weight excluding hydrogens is 228 g/mol. The van der Waals surface area contributed by atoms with E-state index in [1.807, 2.05) is 38.1 Å². The van der Waals surface area contributed by atoms with Crippen LogP contribution in [0.25, 0.3) is 0 Å². The summed E-state index contributed by atoms with van der Waals surface area (Å²) in [6.07, 6.45) is 8.85. The highest BCUT2D eigenvalue weighted by molar-refractivity contribution is 7.85. The standard InChI is InChI=1S/C15H22OS/c1-3-4-5-6-7-8-13-17(16)15-11-9-14(2)10-12-15/h3-4,9-12H,5-8,13H2,1-2H3/b4-3+. The average Bonchev–Trinajstić information content (AvgIpc) is 2.34. The van der Waals surface area contributed by atoms with Gasteiger partial charge in [0.1, 0.15) is 0 Å². The van der Waals surface area contributed by atoms with Crippen molar-refractivity contribution in [2.45, 2.75) is 44.4 Å². The first-order valence-electron chi connectivity index (χ1n) is 6.30.